The topological polar surface area (TPSA) is 35.9 Å². The van der Waals surface area contributed by atoms with E-state index in [0.29, 0.717) is 5.75 Å². The third-order valence-electron chi connectivity index (χ3n) is 16.6. The van der Waals surface area contributed by atoms with Crippen molar-refractivity contribution in [2.75, 3.05) is 0 Å². The molecule has 3 aromatic heterocycles. The van der Waals surface area contributed by atoms with Crippen molar-refractivity contribution in [3.63, 3.8) is 0 Å². The summed E-state index contributed by atoms with van der Waals surface area (Å²) < 4.78 is 13.9. The van der Waals surface area contributed by atoms with Gasteiger partial charge in [0.1, 0.15) is 17.3 Å². The van der Waals surface area contributed by atoms with Crippen LogP contribution in [-0.4, -0.2) is 14.1 Å². The van der Waals surface area contributed by atoms with Gasteiger partial charge < -0.3 is 4.74 Å². The van der Waals surface area contributed by atoms with Crippen LogP contribution in [0.5, 0.6) is 11.5 Å². The van der Waals surface area contributed by atoms with E-state index >= 15 is 0 Å². The minimum Gasteiger partial charge on any atom is -0.458 e. The molecule has 81 heavy (non-hydrogen) atoms. The predicted octanol–water partition coefficient (Wildman–Crippen LogP) is 19.8. The number of nitrogens with zero attached hydrogens (tertiary/aromatic N) is 4. The maximum absolute atomic E-state index is 7.01. The maximum atomic E-state index is 7.01. The van der Waals surface area contributed by atoms with Gasteiger partial charge in [0.05, 0.1) is 33.4 Å². The van der Waals surface area contributed by atoms with Crippen molar-refractivity contribution in [3.05, 3.63) is 235 Å². The Bertz CT molecular complexity index is 4440. The minimum atomic E-state index is -0.152. The minimum absolute atomic E-state index is 0.0000156. The van der Waals surface area contributed by atoms with Gasteiger partial charge in [-0.25, -0.2) is 4.98 Å². The molecule has 0 amide bonds. The normalized spacial score (nSPS) is 12.7. The molecule has 4 heterocycles. The fraction of sp³-hybridized carbons (Fsp3) is 0.211. The molecule has 1 aliphatic rings. The lowest BCUT2D eigenvalue weighted by Crippen LogP contribution is -2.32. The molecule has 0 atom stereocenters. The van der Waals surface area contributed by atoms with Crippen LogP contribution in [0.1, 0.15) is 105 Å². The Morgan fingerprint density at radius 1 is 0.383 bits per heavy atom. The summed E-state index contributed by atoms with van der Waals surface area (Å²) in [5.41, 5.74) is 22.7. The third-order valence-corrected chi connectivity index (χ3v) is 16.6. The highest BCUT2D eigenvalue weighted by Crippen LogP contribution is 2.48. The predicted molar refractivity (Wildman–Crippen MR) is 338 cm³/mol. The molecule has 13 rings (SSSR count). The van der Waals surface area contributed by atoms with Crippen molar-refractivity contribution in [1.29, 1.82) is 0 Å². The number of imidazole rings is 1. The zero-order valence-electron chi connectivity index (χ0n) is 48.8. The number of aromatic nitrogens is 4. The molecule has 0 radical (unpaired) electrons. The first kappa shape index (κ1) is 51.6. The number of rotatable bonds is 6. The maximum Gasteiger partial charge on any atom is 0.269 e. The van der Waals surface area contributed by atoms with Crippen LogP contribution in [0.4, 0.5) is 0 Å². The monoisotopic (exact) mass is 1050 g/mol. The van der Waals surface area contributed by atoms with Crippen LogP contribution < -0.4 is 9.30 Å². The molecule has 0 bridgehead atoms. The van der Waals surface area contributed by atoms with Crippen LogP contribution in [0.15, 0.2) is 206 Å². The molecule has 400 valence electrons. The van der Waals surface area contributed by atoms with Crippen molar-refractivity contribution in [1.82, 2.24) is 14.1 Å². The molecule has 1 aliphatic heterocycles. The molecule has 0 N–H and O–H groups in total. The average molecular weight is 1060 g/mol. The summed E-state index contributed by atoms with van der Waals surface area (Å²) >= 11 is 0. The Morgan fingerprint density at radius 3 is 1.58 bits per heavy atom. The van der Waals surface area contributed by atoms with Crippen LogP contribution in [0.2, 0.25) is 0 Å². The van der Waals surface area contributed by atoms with Crippen LogP contribution in [0.3, 0.4) is 0 Å². The van der Waals surface area contributed by atoms with Gasteiger partial charge >= 0.3 is 0 Å². The second-order valence-corrected chi connectivity index (χ2v) is 26.4. The smallest absolute Gasteiger partial charge is 0.269 e. The number of hydrogen-bond donors (Lipinski definition) is 0. The Morgan fingerprint density at radius 2 is 0.938 bits per heavy atom. The molecule has 5 heteroatoms. The van der Waals surface area contributed by atoms with Gasteiger partial charge in [0.15, 0.2) is 0 Å². The first-order valence-electron chi connectivity index (χ1n) is 28.6. The summed E-state index contributed by atoms with van der Waals surface area (Å²) in [5.74, 6) is 2.33. The highest BCUT2D eigenvalue weighted by atomic mass is 16.5. The zero-order valence-corrected chi connectivity index (χ0v) is 48.8. The zero-order chi connectivity index (χ0) is 56.3. The summed E-state index contributed by atoms with van der Waals surface area (Å²) in [6.45, 7) is 27.4. The van der Waals surface area contributed by atoms with Gasteiger partial charge in [0, 0.05) is 23.0 Å². The Kier molecular flexibility index (Phi) is 12.1. The van der Waals surface area contributed by atoms with Crippen molar-refractivity contribution >= 4 is 32.8 Å². The van der Waals surface area contributed by atoms with Crippen LogP contribution in [0.25, 0.3) is 106 Å². The van der Waals surface area contributed by atoms with E-state index in [0.717, 1.165) is 89.3 Å². The van der Waals surface area contributed by atoms with Gasteiger partial charge in [0.2, 0.25) is 0 Å². The molecule has 12 aromatic rings. The number of hydrogen-bond acceptors (Lipinski definition) is 2. The van der Waals surface area contributed by atoms with E-state index in [1.165, 1.54) is 44.3 Å². The third kappa shape index (κ3) is 9.13. The highest BCUT2D eigenvalue weighted by molar-refractivity contribution is 6.09. The highest BCUT2D eigenvalue weighted by Gasteiger charge is 2.30. The van der Waals surface area contributed by atoms with Crippen molar-refractivity contribution in [3.8, 4) is 84.3 Å². The molecule has 9 aromatic carbocycles. The van der Waals surface area contributed by atoms with Crippen molar-refractivity contribution in [2.45, 2.75) is 105 Å². The van der Waals surface area contributed by atoms with E-state index in [1.807, 2.05) is 6.20 Å². The second kappa shape index (κ2) is 18.9. The van der Waals surface area contributed by atoms with Gasteiger partial charge in [-0.15, -0.1) is 0 Å². The molecule has 0 fully saturated rings. The van der Waals surface area contributed by atoms with E-state index in [-0.39, 0.29) is 21.7 Å². The molecular formula is C76H70N4O. The SMILES string of the molecule is CC(C)(C)c1ccc(-c2cc3c4c(c2)n(-c2cccc(Oc5ccc6c7ccccc7n(-c7cc(C(C)(C)C)ccn7)c6c5)c2)[c-][n+]4-c2c(-c4ccc(C(C)(C)C)cc4)cc(C(C)(C)C)cc2-c2ccccc2-c2ccccc2-3)cc1. The van der Waals surface area contributed by atoms with Gasteiger partial charge in [-0.3, -0.25) is 13.7 Å². The molecule has 0 saturated heterocycles. The second-order valence-electron chi connectivity index (χ2n) is 26.4. The van der Waals surface area contributed by atoms with Crippen molar-refractivity contribution < 1.29 is 9.30 Å². The quantitative estimate of drug-likeness (QED) is 0.123. The van der Waals surface area contributed by atoms with E-state index in [1.54, 1.807) is 0 Å². The lowest BCUT2D eigenvalue weighted by atomic mass is 9.80. The van der Waals surface area contributed by atoms with Gasteiger partial charge in [-0.05, 0) is 154 Å². The van der Waals surface area contributed by atoms with E-state index in [4.69, 9.17) is 9.72 Å². The summed E-state index contributed by atoms with van der Waals surface area (Å²) in [5, 5.41) is 2.31. The van der Waals surface area contributed by atoms with Gasteiger partial charge in [-0.2, -0.15) is 0 Å². The lowest BCUT2D eigenvalue weighted by molar-refractivity contribution is -0.570. The van der Waals surface area contributed by atoms with Crippen LogP contribution in [-0.2, 0) is 21.7 Å². The number of fused-ring (bicyclic) bond motifs is 10. The Labute approximate surface area is 477 Å². The van der Waals surface area contributed by atoms with Gasteiger partial charge in [0.25, 0.3) is 6.33 Å². The molecular weight excluding hydrogens is 985 g/mol. The number of pyridine rings is 1. The fourth-order valence-electron chi connectivity index (χ4n) is 12.0. The fourth-order valence-corrected chi connectivity index (χ4v) is 12.0. The lowest BCUT2D eigenvalue weighted by Gasteiger charge is -2.26. The molecule has 0 spiro atoms. The van der Waals surface area contributed by atoms with E-state index in [2.05, 4.69) is 303 Å². The average Bonchev–Trinajstić information content (AvgIpc) is 4.05. The van der Waals surface area contributed by atoms with Gasteiger partial charge in [-0.1, -0.05) is 223 Å². The first-order chi connectivity index (χ1) is 38.7. The Hall–Kier alpha value is -8.80. The van der Waals surface area contributed by atoms with Crippen LogP contribution >= 0.6 is 0 Å². The molecule has 0 unspecified atom stereocenters. The van der Waals surface area contributed by atoms with E-state index < -0.39 is 0 Å². The Balaban J connectivity index is 1.07. The number of ether oxygens (including phenoxy) is 1. The van der Waals surface area contributed by atoms with Crippen LogP contribution in [0, 0.1) is 6.33 Å². The largest absolute Gasteiger partial charge is 0.458 e. The standard InChI is InChI=1S/C76H70N4O/c1-73(2,3)51-32-28-48(29-33-51)50-40-65-60-24-15-13-22-58(60)59-23-14-16-25-61(59)66-43-54(76(10,11)12)42-64(49-30-34-52(35-31-49)74(4,5)6)71(66)79-47-78(69(41-50)72(65)79)55-20-19-21-56(45-55)81-57-36-37-63-62-26-17-18-27-67(62)80(68(63)46-57)70-44-53(38-39-77-70)75(7,8)9/h13-46H,1-12H3. The summed E-state index contributed by atoms with van der Waals surface area (Å²) in [7, 11) is 0. The number of para-hydroxylation sites is 1. The summed E-state index contributed by atoms with van der Waals surface area (Å²) in [6.07, 6.45) is 6.04. The first-order valence-corrected chi connectivity index (χ1v) is 28.6. The summed E-state index contributed by atoms with van der Waals surface area (Å²) in [6, 6.07) is 74.0. The summed E-state index contributed by atoms with van der Waals surface area (Å²) in [4.78, 5) is 4.96. The van der Waals surface area contributed by atoms with Crippen molar-refractivity contribution in [2.24, 2.45) is 0 Å². The molecule has 0 aliphatic carbocycles. The number of benzene rings is 9. The molecule has 0 saturated carbocycles. The molecule has 5 nitrogen and oxygen atoms in total. The van der Waals surface area contributed by atoms with E-state index in [9.17, 15) is 0 Å².